The number of methoxy groups -OCH3 is 2. The molecule has 2 rings (SSSR count). The topological polar surface area (TPSA) is 47.9 Å². The highest BCUT2D eigenvalue weighted by molar-refractivity contribution is 5.61. The third-order valence-electron chi connectivity index (χ3n) is 2.29. The Morgan fingerprint density at radius 3 is 2.79 bits per heavy atom. The van der Waals surface area contributed by atoms with Gasteiger partial charge in [-0.2, -0.15) is 0 Å². The van der Waals surface area contributed by atoms with Crippen LogP contribution in [-0.4, -0.2) is 25.9 Å². The van der Waals surface area contributed by atoms with Gasteiger partial charge >= 0.3 is 0 Å². The molecule has 0 bridgehead atoms. The summed E-state index contributed by atoms with van der Waals surface area (Å²) >= 11 is 0. The van der Waals surface area contributed by atoms with E-state index >= 15 is 0 Å². The van der Waals surface area contributed by atoms with Crippen molar-refractivity contribution in [2.75, 3.05) is 20.8 Å². The molecule has 1 aliphatic rings. The Labute approximate surface area is 82.0 Å². The summed E-state index contributed by atoms with van der Waals surface area (Å²) in [6, 6.07) is 1.50. The molecule has 76 valence electrons. The van der Waals surface area contributed by atoms with Crippen LogP contribution >= 0.6 is 0 Å². The summed E-state index contributed by atoms with van der Waals surface area (Å²) in [5.41, 5.74) is 0.879. The molecule has 1 aromatic rings. The average Bonchev–Trinajstić information content (AvgIpc) is 2.65. The zero-order valence-electron chi connectivity index (χ0n) is 8.16. The minimum Gasteiger partial charge on any atom is -0.504 e. The van der Waals surface area contributed by atoms with E-state index in [0.717, 1.165) is 12.0 Å². The maximum Gasteiger partial charge on any atom is 0.168 e. The standard InChI is InChI=1S/C10H12O4/c1-12-8-5-7(11)9(13-2)6-3-4-14-10(6)8/h5,11H,3-4H2,1-2H3. The Bertz CT molecular complexity index is 360. The molecule has 0 amide bonds. The molecule has 0 aromatic heterocycles. The molecule has 1 aliphatic heterocycles. The van der Waals surface area contributed by atoms with E-state index < -0.39 is 0 Å². The second-order valence-corrected chi connectivity index (χ2v) is 3.04. The van der Waals surface area contributed by atoms with Crippen LogP contribution in [0.1, 0.15) is 5.56 Å². The molecule has 1 heterocycles. The quantitative estimate of drug-likeness (QED) is 0.775. The molecule has 0 fully saturated rings. The fourth-order valence-corrected chi connectivity index (χ4v) is 1.68. The van der Waals surface area contributed by atoms with E-state index in [-0.39, 0.29) is 5.75 Å². The molecule has 4 nitrogen and oxygen atoms in total. The number of benzene rings is 1. The van der Waals surface area contributed by atoms with Crippen molar-refractivity contribution in [1.82, 2.24) is 0 Å². The third-order valence-corrected chi connectivity index (χ3v) is 2.29. The number of aromatic hydroxyl groups is 1. The number of phenolic OH excluding ortho intramolecular Hbond substituents is 1. The lowest BCUT2D eigenvalue weighted by molar-refractivity contribution is 0.322. The van der Waals surface area contributed by atoms with Crippen molar-refractivity contribution in [3.05, 3.63) is 11.6 Å². The maximum absolute atomic E-state index is 9.63. The van der Waals surface area contributed by atoms with Crippen molar-refractivity contribution in [1.29, 1.82) is 0 Å². The first kappa shape index (κ1) is 8.99. The van der Waals surface area contributed by atoms with Crippen molar-refractivity contribution in [3.63, 3.8) is 0 Å². The molecule has 0 radical (unpaired) electrons. The molecule has 0 unspecified atom stereocenters. The SMILES string of the molecule is COc1cc(O)c(OC)c2c1OCC2. The molecule has 0 spiro atoms. The molecular weight excluding hydrogens is 184 g/mol. The average molecular weight is 196 g/mol. The van der Waals surface area contributed by atoms with Crippen LogP contribution in [-0.2, 0) is 6.42 Å². The normalized spacial score (nSPS) is 13.3. The van der Waals surface area contributed by atoms with Crippen LogP contribution in [0.3, 0.4) is 0 Å². The molecule has 0 aliphatic carbocycles. The zero-order chi connectivity index (χ0) is 10.1. The molecule has 0 atom stereocenters. The summed E-state index contributed by atoms with van der Waals surface area (Å²) < 4.78 is 15.6. The van der Waals surface area contributed by atoms with E-state index in [0.29, 0.717) is 23.9 Å². The van der Waals surface area contributed by atoms with E-state index in [1.54, 1.807) is 7.11 Å². The van der Waals surface area contributed by atoms with E-state index in [9.17, 15) is 5.11 Å². The van der Waals surface area contributed by atoms with Gasteiger partial charge in [-0.15, -0.1) is 0 Å². The molecule has 0 saturated carbocycles. The van der Waals surface area contributed by atoms with Gasteiger partial charge in [-0.3, -0.25) is 0 Å². The van der Waals surface area contributed by atoms with Crippen LogP contribution in [0.5, 0.6) is 23.0 Å². The van der Waals surface area contributed by atoms with Gasteiger partial charge in [-0.25, -0.2) is 0 Å². The fourth-order valence-electron chi connectivity index (χ4n) is 1.68. The number of hydrogen-bond acceptors (Lipinski definition) is 4. The van der Waals surface area contributed by atoms with E-state index in [1.165, 1.54) is 13.2 Å². The first-order chi connectivity index (χ1) is 6.77. The molecule has 1 N–H and O–H groups in total. The highest BCUT2D eigenvalue weighted by Crippen LogP contribution is 2.46. The van der Waals surface area contributed by atoms with Gasteiger partial charge in [0.2, 0.25) is 0 Å². The number of rotatable bonds is 2. The Morgan fingerprint density at radius 1 is 1.36 bits per heavy atom. The molecule has 0 saturated heterocycles. The second kappa shape index (κ2) is 3.29. The van der Waals surface area contributed by atoms with Crippen molar-refractivity contribution >= 4 is 0 Å². The second-order valence-electron chi connectivity index (χ2n) is 3.04. The van der Waals surface area contributed by atoms with Crippen molar-refractivity contribution < 1.29 is 19.3 Å². The van der Waals surface area contributed by atoms with Crippen LogP contribution in [0.2, 0.25) is 0 Å². The van der Waals surface area contributed by atoms with Gasteiger partial charge in [0.15, 0.2) is 23.0 Å². The molecule has 4 heteroatoms. The van der Waals surface area contributed by atoms with Gasteiger partial charge in [0.1, 0.15) is 0 Å². The van der Waals surface area contributed by atoms with Gasteiger partial charge in [-0.05, 0) is 0 Å². The lowest BCUT2D eigenvalue weighted by Crippen LogP contribution is -1.92. The predicted molar refractivity (Wildman–Crippen MR) is 50.4 cm³/mol. The van der Waals surface area contributed by atoms with Crippen molar-refractivity contribution in [3.8, 4) is 23.0 Å². The Balaban J connectivity index is 2.61. The summed E-state index contributed by atoms with van der Waals surface area (Å²) in [6.45, 7) is 0.603. The Morgan fingerprint density at radius 2 is 2.14 bits per heavy atom. The summed E-state index contributed by atoms with van der Waals surface area (Å²) in [5.74, 6) is 1.81. The maximum atomic E-state index is 9.63. The molecule has 1 aromatic carbocycles. The number of phenols is 1. The lowest BCUT2D eigenvalue weighted by atomic mass is 10.1. The third kappa shape index (κ3) is 1.14. The first-order valence-corrected chi connectivity index (χ1v) is 4.37. The molecule has 14 heavy (non-hydrogen) atoms. The van der Waals surface area contributed by atoms with Crippen molar-refractivity contribution in [2.24, 2.45) is 0 Å². The lowest BCUT2D eigenvalue weighted by Gasteiger charge is -2.11. The van der Waals surface area contributed by atoms with Gasteiger partial charge in [0, 0.05) is 18.1 Å². The van der Waals surface area contributed by atoms with Crippen LogP contribution < -0.4 is 14.2 Å². The van der Waals surface area contributed by atoms with E-state index in [1.807, 2.05) is 0 Å². The van der Waals surface area contributed by atoms with Crippen LogP contribution in [0.15, 0.2) is 6.07 Å². The summed E-state index contributed by atoms with van der Waals surface area (Å²) in [4.78, 5) is 0. The van der Waals surface area contributed by atoms with Gasteiger partial charge in [-0.1, -0.05) is 0 Å². The fraction of sp³-hybridized carbons (Fsp3) is 0.400. The largest absolute Gasteiger partial charge is 0.504 e. The van der Waals surface area contributed by atoms with Gasteiger partial charge in [0.25, 0.3) is 0 Å². The first-order valence-electron chi connectivity index (χ1n) is 4.37. The van der Waals surface area contributed by atoms with Crippen LogP contribution in [0.25, 0.3) is 0 Å². The monoisotopic (exact) mass is 196 g/mol. The van der Waals surface area contributed by atoms with Crippen LogP contribution in [0.4, 0.5) is 0 Å². The predicted octanol–water partition coefficient (Wildman–Crippen LogP) is 1.34. The number of hydrogen-bond donors (Lipinski definition) is 1. The number of fused-ring (bicyclic) bond motifs is 1. The number of ether oxygens (including phenoxy) is 3. The summed E-state index contributed by atoms with van der Waals surface area (Å²) in [5, 5.41) is 9.63. The highest BCUT2D eigenvalue weighted by Gasteiger charge is 2.24. The Kier molecular flexibility index (Phi) is 2.11. The van der Waals surface area contributed by atoms with Crippen LogP contribution in [0, 0.1) is 0 Å². The summed E-state index contributed by atoms with van der Waals surface area (Å²) in [6.07, 6.45) is 0.739. The zero-order valence-corrected chi connectivity index (χ0v) is 8.16. The van der Waals surface area contributed by atoms with Gasteiger partial charge < -0.3 is 19.3 Å². The minimum absolute atomic E-state index is 0.0913. The Hall–Kier alpha value is -1.58. The van der Waals surface area contributed by atoms with E-state index in [4.69, 9.17) is 14.2 Å². The molecular formula is C10H12O4. The summed E-state index contributed by atoms with van der Waals surface area (Å²) in [7, 11) is 3.07. The van der Waals surface area contributed by atoms with Crippen molar-refractivity contribution in [2.45, 2.75) is 6.42 Å². The highest BCUT2D eigenvalue weighted by atomic mass is 16.5. The van der Waals surface area contributed by atoms with Gasteiger partial charge in [0.05, 0.1) is 20.8 Å². The van der Waals surface area contributed by atoms with E-state index in [2.05, 4.69) is 0 Å². The smallest absolute Gasteiger partial charge is 0.168 e. The minimum atomic E-state index is 0.0913.